The normalized spacial score (nSPS) is 10.7. The molecule has 132 valence electrons. The maximum Gasteiger partial charge on any atom is 0.357 e. The van der Waals surface area contributed by atoms with Crippen molar-refractivity contribution in [2.24, 2.45) is 0 Å². The van der Waals surface area contributed by atoms with Crippen molar-refractivity contribution in [3.05, 3.63) is 67.5 Å². The van der Waals surface area contributed by atoms with Gasteiger partial charge in [-0.3, -0.25) is 9.59 Å². The smallest absolute Gasteiger partial charge is 0.357 e. The average Bonchev–Trinajstić information content (AvgIpc) is 2.59. The molecule has 2 N–H and O–H groups in total. The van der Waals surface area contributed by atoms with Gasteiger partial charge in [-0.2, -0.15) is 5.10 Å². The molecule has 7 nitrogen and oxygen atoms in total. The van der Waals surface area contributed by atoms with E-state index in [1.165, 1.54) is 12.1 Å². The third-order valence-electron chi connectivity index (χ3n) is 3.57. The predicted octanol–water partition coefficient (Wildman–Crippen LogP) is 3.26. The molecule has 26 heavy (non-hydrogen) atoms. The van der Waals surface area contributed by atoms with Gasteiger partial charge in [0.2, 0.25) is 5.91 Å². The Kier molecular flexibility index (Phi) is 5.19. The number of carboxylic acid groups (broad SMARTS) is 1. The molecular weight excluding hydrogens is 470 g/mol. The first-order valence-electron chi connectivity index (χ1n) is 7.35. The molecule has 1 amide bonds. The van der Waals surface area contributed by atoms with Crippen LogP contribution in [0.5, 0.6) is 0 Å². The Balaban J connectivity index is 1.95. The lowest BCUT2D eigenvalue weighted by atomic mass is 10.1. The topological polar surface area (TPSA) is 101 Å². The SMILES string of the molecule is O=C(Cn1nc(C(=O)O)c2ccccc2c1=O)Nc1ccc(Br)cc1Br. The van der Waals surface area contributed by atoms with Crippen LogP contribution in [0, 0.1) is 0 Å². The molecule has 0 saturated heterocycles. The van der Waals surface area contributed by atoms with Crippen molar-refractivity contribution in [1.82, 2.24) is 9.78 Å². The molecule has 0 aliphatic carbocycles. The zero-order valence-electron chi connectivity index (χ0n) is 13.1. The van der Waals surface area contributed by atoms with Crippen LogP contribution in [-0.4, -0.2) is 26.8 Å². The number of aromatic nitrogens is 2. The molecule has 9 heteroatoms. The number of amides is 1. The van der Waals surface area contributed by atoms with Gasteiger partial charge in [-0.1, -0.05) is 34.1 Å². The zero-order chi connectivity index (χ0) is 18.8. The van der Waals surface area contributed by atoms with Crippen LogP contribution in [0.25, 0.3) is 10.8 Å². The van der Waals surface area contributed by atoms with E-state index < -0.39 is 24.0 Å². The molecule has 0 radical (unpaired) electrons. The fourth-order valence-electron chi connectivity index (χ4n) is 2.42. The summed E-state index contributed by atoms with van der Waals surface area (Å²) in [6, 6.07) is 11.5. The summed E-state index contributed by atoms with van der Waals surface area (Å²) in [7, 11) is 0. The molecule has 0 atom stereocenters. The highest BCUT2D eigenvalue weighted by atomic mass is 79.9. The van der Waals surface area contributed by atoms with Crippen LogP contribution in [0.3, 0.4) is 0 Å². The first kappa shape index (κ1) is 18.3. The Labute approximate surface area is 163 Å². The molecule has 0 aliphatic rings. The first-order chi connectivity index (χ1) is 12.4. The number of carbonyl (C=O) groups is 2. The van der Waals surface area contributed by atoms with Crippen molar-refractivity contribution in [3.8, 4) is 0 Å². The molecule has 3 rings (SSSR count). The summed E-state index contributed by atoms with van der Waals surface area (Å²) in [5.41, 5.74) is -0.293. The summed E-state index contributed by atoms with van der Waals surface area (Å²) < 4.78 is 2.35. The van der Waals surface area contributed by atoms with Gasteiger partial charge >= 0.3 is 5.97 Å². The number of benzene rings is 2. The summed E-state index contributed by atoms with van der Waals surface area (Å²) in [6.07, 6.45) is 0. The third kappa shape index (κ3) is 3.68. The van der Waals surface area contributed by atoms with E-state index in [4.69, 9.17) is 0 Å². The van der Waals surface area contributed by atoms with Crippen LogP contribution in [0.1, 0.15) is 10.5 Å². The number of hydrogen-bond acceptors (Lipinski definition) is 4. The van der Waals surface area contributed by atoms with Crippen LogP contribution in [0.4, 0.5) is 5.69 Å². The van der Waals surface area contributed by atoms with E-state index in [2.05, 4.69) is 42.3 Å². The molecule has 0 unspecified atom stereocenters. The Bertz CT molecular complexity index is 1100. The standard InChI is InChI=1S/C17H11Br2N3O4/c18-9-5-6-13(12(19)7-9)20-14(23)8-22-16(24)11-4-2-1-3-10(11)15(21-22)17(25)26/h1-7H,8H2,(H,20,23)(H,25,26). The average molecular weight is 481 g/mol. The number of carbonyl (C=O) groups excluding carboxylic acids is 1. The minimum absolute atomic E-state index is 0.192. The Hall–Kier alpha value is -2.52. The van der Waals surface area contributed by atoms with Crippen LogP contribution < -0.4 is 10.9 Å². The quantitative estimate of drug-likeness (QED) is 0.596. The van der Waals surface area contributed by atoms with Gasteiger partial charge in [0, 0.05) is 14.3 Å². The maximum absolute atomic E-state index is 12.5. The highest BCUT2D eigenvalue weighted by Crippen LogP contribution is 2.26. The van der Waals surface area contributed by atoms with Crippen molar-refractivity contribution in [2.75, 3.05) is 5.32 Å². The lowest BCUT2D eigenvalue weighted by Crippen LogP contribution is -2.31. The second-order valence-corrected chi connectivity index (χ2v) is 7.10. The number of hydrogen-bond donors (Lipinski definition) is 2. The number of nitrogens with one attached hydrogen (secondary N) is 1. The second kappa shape index (κ2) is 7.38. The van der Waals surface area contributed by atoms with Crippen molar-refractivity contribution < 1.29 is 14.7 Å². The number of anilines is 1. The van der Waals surface area contributed by atoms with Crippen LogP contribution in [0.2, 0.25) is 0 Å². The largest absolute Gasteiger partial charge is 0.476 e. The Morgan fingerprint density at radius 3 is 2.46 bits per heavy atom. The van der Waals surface area contributed by atoms with Crippen LogP contribution >= 0.6 is 31.9 Å². The van der Waals surface area contributed by atoms with E-state index in [0.29, 0.717) is 10.2 Å². The summed E-state index contributed by atoms with van der Waals surface area (Å²) in [5, 5.41) is 16.3. The number of rotatable bonds is 4. The van der Waals surface area contributed by atoms with E-state index in [-0.39, 0.29) is 16.5 Å². The van der Waals surface area contributed by atoms with Gasteiger partial charge in [0.1, 0.15) is 6.54 Å². The van der Waals surface area contributed by atoms with E-state index >= 15 is 0 Å². The molecule has 2 aromatic carbocycles. The molecule has 0 aliphatic heterocycles. The lowest BCUT2D eigenvalue weighted by molar-refractivity contribution is -0.117. The summed E-state index contributed by atoms with van der Waals surface area (Å²) in [6.45, 7) is -0.410. The summed E-state index contributed by atoms with van der Waals surface area (Å²) in [5.74, 6) is -1.78. The monoisotopic (exact) mass is 479 g/mol. The number of aromatic carboxylic acids is 1. The maximum atomic E-state index is 12.5. The van der Waals surface area contributed by atoms with Gasteiger partial charge in [-0.15, -0.1) is 0 Å². The lowest BCUT2D eigenvalue weighted by Gasteiger charge is -2.10. The molecule has 1 aromatic heterocycles. The highest BCUT2D eigenvalue weighted by Gasteiger charge is 2.17. The Morgan fingerprint density at radius 2 is 1.81 bits per heavy atom. The van der Waals surface area contributed by atoms with Gasteiger partial charge in [-0.25, -0.2) is 9.48 Å². The molecule has 0 bridgehead atoms. The molecule has 1 heterocycles. The predicted molar refractivity (Wildman–Crippen MR) is 103 cm³/mol. The van der Waals surface area contributed by atoms with Gasteiger partial charge in [0.25, 0.3) is 5.56 Å². The van der Waals surface area contributed by atoms with Gasteiger partial charge in [0.05, 0.1) is 11.1 Å². The fraction of sp³-hybridized carbons (Fsp3) is 0.0588. The van der Waals surface area contributed by atoms with Gasteiger partial charge in [0.15, 0.2) is 5.69 Å². The van der Waals surface area contributed by atoms with Crippen molar-refractivity contribution in [2.45, 2.75) is 6.54 Å². The molecule has 3 aromatic rings. The third-order valence-corrected chi connectivity index (χ3v) is 4.72. The zero-order valence-corrected chi connectivity index (χ0v) is 16.2. The van der Waals surface area contributed by atoms with Gasteiger partial charge < -0.3 is 10.4 Å². The molecule has 0 saturated carbocycles. The van der Waals surface area contributed by atoms with E-state index in [1.54, 1.807) is 30.3 Å². The van der Waals surface area contributed by atoms with E-state index in [0.717, 1.165) is 9.15 Å². The number of fused-ring (bicyclic) bond motifs is 1. The number of halogens is 2. The van der Waals surface area contributed by atoms with Crippen LogP contribution in [-0.2, 0) is 11.3 Å². The fourth-order valence-corrected chi connectivity index (χ4v) is 3.56. The molecule has 0 spiro atoms. The number of nitrogens with zero attached hydrogens (tertiary/aromatic N) is 2. The minimum atomic E-state index is -1.27. The summed E-state index contributed by atoms with van der Waals surface area (Å²) in [4.78, 5) is 36.3. The van der Waals surface area contributed by atoms with Gasteiger partial charge in [-0.05, 0) is 40.2 Å². The second-order valence-electron chi connectivity index (χ2n) is 5.33. The first-order valence-corrected chi connectivity index (χ1v) is 8.93. The number of carboxylic acids is 1. The van der Waals surface area contributed by atoms with Crippen molar-refractivity contribution >= 4 is 60.2 Å². The molecular formula is C17H11Br2N3O4. The van der Waals surface area contributed by atoms with E-state index in [9.17, 15) is 19.5 Å². The van der Waals surface area contributed by atoms with Crippen molar-refractivity contribution in [1.29, 1.82) is 0 Å². The minimum Gasteiger partial charge on any atom is -0.476 e. The highest BCUT2D eigenvalue weighted by molar-refractivity contribution is 9.11. The van der Waals surface area contributed by atoms with Crippen molar-refractivity contribution in [3.63, 3.8) is 0 Å². The summed E-state index contributed by atoms with van der Waals surface area (Å²) >= 11 is 6.65. The Morgan fingerprint density at radius 1 is 1.12 bits per heavy atom. The molecule has 0 fully saturated rings. The van der Waals surface area contributed by atoms with Crippen LogP contribution in [0.15, 0.2) is 56.2 Å². The van der Waals surface area contributed by atoms with E-state index in [1.807, 2.05) is 0 Å².